The molecule has 140 valence electrons. The third kappa shape index (κ3) is 3.93. The number of benzene rings is 2. The van der Waals surface area contributed by atoms with Crippen LogP contribution in [0.1, 0.15) is 12.7 Å². The molecule has 7 heteroatoms. The van der Waals surface area contributed by atoms with E-state index in [1.54, 1.807) is 0 Å². The summed E-state index contributed by atoms with van der Waals surface area (Å²) in [6.07, 6.45) is 0. The lowest BCUT2D eigenvalue weighted by atomic mass is 10.2. The number of piperazine rings is 1. The zero-order valence-corrected chi connectivity index (χ0v) is 15.5. The van der Waals surface area contributed by atoms with Gasteiger partial charge in [-0.05, 0) is 41.6 Å². The number of anilines is 1. The monoisotopic (exact) mass is 364 g/mol. The van der Waals surface area contributed by atoms with Crippen molar-refractivity contribution < 1.29 is 4.74 Å². The minimum Gasteiger partial charge on any atom is -0.492 e. The molecule has 0 unspecified atom stereocenters. The second-order valence-corrected chi connectivity index (χ2v) is 6.51. The number of para-hydroxylation sites is 3. The summed E-state index contributed by atoms with van der Waals surface area (Å²) in [6, 6.07) is 18.3. The van der Waals surface area contributed by atoms with Gasteiger partial charge < -0.3 is 9.64 Å². The number of tetrazole rings is 1. The highest BCUT2D eigenvalue weighted by atomic mass is 16.5. The Bertz CT molecular complexity index is 858. The molecular formula is C20H24N6O. The van der Waals surface area contributed by atoms with Crippen molar-refractivity contribution in [2.45, 2.75) is 13.5 Å². The molecule has 0 atom stereocenters. The van der Waals surface area contributed by atoms with E-state index in [1.807, 2.05) is 54.1 Å². The fourth-order valence-electron chi connectivity index (χ4n) is 3.42. The van der Waals surface area contributed by atoms with Gasteiger partial charge in [-0.15, -0.1) is 5.10 Å². The van der Waals surface area contributed by atoms with Crippen molar-refractivity contribution in [3.63, 3.8) is 0 Å². The normalized spacial score (nSPS) is 15.1. The Balaban J connectivity index is 1.41. The molecule has 3 aromatic rings. The Kier molecular flexibility index (Phi) is 5.29. The molecule has 1 aliphatic rings. The zero-order valence-electron chi connectivity index (χ0n) is 15.5. The predicted octanol–water partition coefficient (Wildman–Crippen LogP) is 2.38. The van der Waals surface area contributed by atoms with Crippen molar-refractivity contribution in [2.24, 2.45) is 0 Å². The molecule has 7 nitrogen and oxygen atoms in total. The first-order valence-electron chi connectivity index (χ1n) is 9.37. The average Bonchev–Trinajstić information content (AvgIpc) is 3.18. The van der Waals surface area contributed by atoms with Gasteiger partial charge in [-0.25, -0.2) is 0 Å². The smallest absolute Gasteiger partial charge is 0.170 e. The molecule has 0 radical (unpaired) electrons. The van der Waals surface area contributed by atoms with E-state index in [4.69, 9.17) is 4.74 Å². The van der Waals surface area contributed by atoms with E-state index >= 15 is 0 Å². The third-order valence-electron chi connectivity index (χ3n) is 4.78. The van der Waals surface area contributed by atoms with Crippen LogP contribution in [-0.4, -0.2) is 57.9 Å². The maximum absolute atomic E-state index is 5.78. The summed E-state index contributed by atoms with van der Waals surface area (Å²) in [5.74, 6) is 1.82. The van der Waals surface area contributed by atoms with Crippen LogP contribution in [0.5, 0.6) is 5.75 Å². The Morgan fingerprint density at radius 3 is 2.44 bits per heavy atom. The first-order chi connectivity index (χ1) is 13.3. The highest BCUT2D eigenvalue weighted by molar-refractivity contribution is 5.58. The average molecular weight is 364 g/mol. The van der Waals surface area contributed by atoms with E-state index in [0.29, 0.717) is 6.61 Å². The van der Waals surface area contributed by atoms with Crippen molar-refractivity contribution in [3.05, 3.63) is 60.4 Å². The van der Waals surface area contributed by atoms with Crippen molar-refractivity contribution in [2.75, 3.05) is 37.7 Å². The Labute approximate surface area is 159 Å². The highest BCUT2D eigenvalue weighted by Gasteiger charge is 2.21. The van der Waals surface area contributed by atoms with Gasteiger partial charge in [0, 0.05) is 26.2 Å². The van der Waals surface area contributed by atoms with E-state index < -0.39 is 0 Å². The van der Waals surface area contributed by atoms with Gasteiger partial charge >= 0.3 is 0 Å². The summed E-state index contributed by atoms with van der Waals surface area (Å²) in [7, 11) is 0. The molecular weight excluding hydrogens is 340 g/mol. The molecule has 4 rings (SSSR count). The number of nitrogens with zero attached hydrogens (tertiary/aromatic N) is 6. The molecule has 2 heterocycles. The predicted molar refractivity (Wildman–Crippen MR) is 104 cm³/mol. The third-order valence-corrected chi connectivity index (χ3v) is 4.78. The molecule has 0 bridgehead atoms. The van der Waals surface area contributed by atoms with Crippen LogP contribution in [0.2, 0.25) is 0 Å². The van der Waals surface area contributed by atoms with Crippen LogP contribution in [0.15, 0.2) is 54.6 Å². The van der Waals surface area contributed by atoms with Gasteiger partial charge in [-0.3, -0.25) is 4.90 Å². The fourth-order valence-corrected chi connectivity index (χ4v) is 3.42. The minimum absolute atomic E-state index is 0.680. The Morgan fingerprint density at radius 1 is 0.926 bits per heavy atom. The van der Waals surface area contributed by atoms with Gasteiger partial charge in [0.05, 0.1) is 24.5 Å². The van der Waals surface area contributed by atoms with Crippen molar-refractivity contribution in [1.82, 2.24) is 25.1 Å². The van der Waals surface area contributed by atoms with Gasteiger partial charge in [0.25, 0.3) is 0 Å². The topological polar surface area (TPSA) is 59.3 Å². The van der Waals surface area contributed by atoms with Crippen molar-refractivity contribution in [3.8, 4) is 11.4 Å². The summed E-state index contributed by atoms with van der Waals surface area (Å²) in [5, 5.41) is 12.2. The number of ether oxygens (including phenoxy) is 1. The summed E-state index contributed by atoms with van der Waals surface area (Å²) < 4.78 is 7.60. The first-order valence-corrected chi connectivity index (χ1v) is 9.37. The second-order valence-electron chi connectivity index (χ2n) is 6.51. The van der Waals surface area contributed by atoms with Gasteiger partial charge in [0.2, 0.25) is 0 Å². The van der Waals surface area contributed by atoms with Crippen molar-refractivity contribution >= 4 is 5.69 Å². The van der Waals surface area contributed by atoms with Gasteiger partial charge in [-0.2, -0.15) is 4.68 Å². The summed E-state index contributed by atoms with van der Waals surface area (Å²) >= 11 is 0. The van der Waals surface area contributed by atoms with Crippen LogP contribution >= 0.6 is 0 Å². The number of hydrogen-bond acceptors (Lipinski definition) is 6. The standard InChI is InChI=1S/C20H24N6O/c1-2-27-19-11-7-6-10-18(19)25-14-12-24(13-15-25)16-20-21-22-23-26(20)17-8-4-3-5-9-17/h3-11H,2,12-16H2,1H3. The maximum atomic E-state index is 5.78. The molecule has 0 N–H and O–H groups in total. The molecule has 1 aromatic heterocycles. The van der Waals surface area contributed by atoms with E-state index in [-0.39, 0.29) is 0 Å². The number of rotatable bonds is 6. The van der Waals surface area contributed by atoms with Gasteiger partial charge in [0.1, 0.15) is 5.75 Å². The SMILES string of the molecule is CCOc1ccccc1N1CCN(Cc2nnnn2-c2ccccc2)CC1. The lowest BCUT2D eigenvalue weighted by Gasteiger charge is -2.36. The summed E-state index contributed by atoms with van der Waals surface area (Å²) in [4.78, 5) is 4.78. The Morgan fingerprint density at radius 2 is 1.67 bits per heavy atom. The highest BCUT2D eigenvalue weighted by Crippen LogP contribution is 2.29. The second kappa shape index (κ2) is 8.18. The zero-order chi connectivity index (χ0) is 18.5. The quantitative estimate of drug-likeness (QED) is 0.669. The molecule has 27 heavy (non-hydrogen) atoms. The summed E-state index contributed by atoms with van der Waals surface area (Å²) in [5.41, 5.74) is 2.16. The molecule has 1 saturated heterocycles. The van der Waals surface area contributed by atoms with Crippen LogP contribution in [0.4, 0.5) is 5.69 Å². The number of hydrogen-bond donors (Lipinski definition) is 0. The first kappa shape index (κ1) is 17.5. The van der Waals surface area contributed by atoms with E-state index in [9.17, 15) is 0 Å². The molecule has 0 aliphatic carbocycles. The van der Waals surface area contributed by atoms with Gasteiger partial charge in [-0.1, -0.05) is 30.3 Å². The van der Waals surface area contributed by atoms with E-state index in [2.05, 4.69) is 37.5 Å². The molecule has 0 spiro atoms. The molecule has 2 aromatic carbocycles. The van der Waals surface area contributed by atoms with Crippen LogP contribution in [0, 0.1) is 0 Å². The molecule has 1 fully saturated rings. The number of aromatic nitrogens is 4. The molecule has 0 saturated carbocycles. The minimum atomic E-state index is 0.680. The lowest BCUT2D eigenvalue weighted by Crippen LogP contribution is -2.46. The van der Waals surface area contributed by atoms with Crippen LogP contribution in [0.3, 0.4) is 0 Å². The molecule has 0 amide bonds. The van der Waals surface area contributed by atoms with Crippen LogP contribution in [0.25, 0.3) is 5.69 Å². The van der Waals surface area contributed by atoms with E-state index in [0.717, 1.165) is 50.0 Å². The van der Waals surface area contributed by atoms with Crippen LogP contribution < -0.4 is 9.64 Å². The largest absolute Gasteiger partial charge is 0.492 e. The van der Waals surface area contributed by atoms with Crippen molar-refractivity contribution in [1.29, 1.82) is 0 Å². The van der Waals surface area contributed by atoms with Gasteiger partial charge in [0.15, 0.2) is 5.82 Å². The Hall–Kier alpha value is -2.93. The maximum Gasteiger partial charge on any atom is 0.170 e. The fraction of sp³-hybridized carbons (Fsp3) is 0.350. The van der Waals surface area contributed by atoms with Crippen LogP contribution in [-0.2, 0) is 6.54 Å². The summed E-state index contributed by atoms with van der Waals surface area (Å²) in [6.45, 7) is 7.27. The van der Waals surface area contributed by atoms with E-state index in [1.165, 1.54) is 5.69 Å². The molecule has 1 aliphatic heterocycles. The lowest BCUT2D eigenvalue weighted by molar-refractivity contribution is 0.241.